The smallest absolute Gasteiger partial charge is 0.307 e. The second-order valence-corrected chi connectivity index (χ2v) is 28.0. The SMILES string of the molecule is CN[C@H](CSCC1O[C@H]2O[C@@H]3C(CO)O[C@H](O[C@@H]4C(CO)O[C@H](O[C@@H]5C(CO)O[C@H](O[C@@H]6C(CSC[C@@H](CC(=O)CCOCCOCCC(C)=O)C(=O)O)O[C@H](O[C@@H]7C(CO)O[C@H](O[C@@H]8C(CO)O[C@H](O[C@H]1[C@H](O)C2O)C(O)[C@H]8O)C(O)[C@H]7O)C(O)[C@H]6O)C(O)[C@H]5O)C(O)[C@H]4O)C(O)[C@H]3O)C(N)=O. The lowest BCUT2D eigenvalue weighted by Crippen LogP contribution is -2.68. The molecule has 1 amide bonds. The average molecular weight is 1540 g/mol. The summed E-state index contributed by atoms with van der Waals surface area (Å²) in [6.45, 7) is -3.86. The number of carbonyl (C=O) groups excluding carboxylic acids is 3. The van der Waals surface area contributed by atoms with Gasteiger partial charge in [-0.15, -0.1) is 0 Å². The lowest BCUT2D eigenvalue weighted by molar-refractivity contribution is -0.395. The van der Waals surface area contributed by atoms with E-state index in [-0.39, 0.29) is 62.3 Å². The molecule has 21 aliphatic heterocycles. The molecule has 23 N–H and O–H groups in total. The lowest BCUT2D eigenvalue weighted by Gasteiger charge is -2.50. The van der Waals surface area contributed by atoms with Crippen molar-refractivity contribution in [3.05, 3.63) is 0 Å². The van der Waals surface area contributed by atoms with E-state index in [9.17, 15) is 121 Å². The minimum absolute atomic E-state index is 0.0665. The molecule has 21 heterocycles. The fourth-order valence-electron chi connectivity index (χ4n) is 12.6. The van der Waals surface area contributed by atoms with Crippen LogP contribution in [-0.2, 0) is 95.0 Å². The quantitative estimate of drug-likeness (QED) is 0.0340. The number of amides is 1. The van der Waals surface area contributed by atoms with Gasteiger partial charge in [0.1, 0.15) is 170 Å². The number of ketones is 2. The highest BCUT2D eigenvalue weighted by Crippen LogP contribution is 2.40. The third kappa shape index (κ3) is 21.0. The number of thioether (sulfide) groups is 2. The third-order valence-corrected chi connectivity index (χ3v) is 20.9. The molecule has 21 fully saturated rings. The molecule has 14 unspecified atom stereocenters. The molecule has 14 bridgehead atoms. The van der Waals surface area contributed by atoms with Crippen molar-refractivity contribution >= 4 is 47.0 Å². The van der Waals surface area contributed by atoms with Gasteiger partial charge in [0.25, 0.3) is 0 Å². The van der Waals surface area contributed by atoms with Crippen LogP contribution in [-0.4, -0.2) is 436 Å². The standard InChI is InChI=1S/C59H98N2O40S2/c1-19(67)3-5-86-7-8-87-6-4-21(68)9-20(52(84)85)15-102-17-28-49-35(74)42(81)58(93-28)98-47-26(13-65)89-55(38(77)31(47)70)97-46-25(12-64)92-57(41(80)34(46)73)101-50-29(18-103-16-22(61-2)51(60)83)94-59(43(82)36(50)75)99-48-27(14-66)90-54(39(78)32(48)71)95-44-23(10-62)88-53(37(76)30(44)69)96-45-24(11-63)91-56(100-49)40(79)33(45)72/h20,22-50,53-59,61-66,69-82H,3-18H2,1-2H3,(H2,60,83)(H,84,85)/t20-,22-,23?,24?,25?,26?,27?,28?,29?,30-,31-,32-,33-,34-,35-,36-,37?,38?,39?,40?,41?,42?,43?,44-,45-,46-,47-,48-,49-,50-,53-,54-,55-,56-,57-,58-,59+/m1/s1. The van der Waals surface area contributed by atoms with Crippen LogP contribution in [0.5, 0.6) is 0 Å². The fourth-order valence-corrected chi connectivity index (χ4v) is 15.0. The maximum atomic E-state index is 13.0. The van der Waals surface area contributed by atoms with E-state index in [1.54, 1.807) is 0 Å². The summed E-state index contributed by atoms with van der Waals surface area (Å²) in [5, 5.41) is 230. The van der Waals surface area contributed by atoms with Gasteiger partial charge in [0.15, 0.2) is 44.0 Å². The summed E-state index contributed by atoms with van der Waals surface area (Å²) < 4.78 is 93.5. The Balaban J connectivity index is 1.08. The molecule has 37 atom stereocenters. The molecular weight excluding hydrogens is 1440 g/mol. The Morgan fingerprint density at radius 1 is 0.379 bits per heavy atom. The van der Waals surface area contributed by atoms with E-state index < -0.39 is 290 Å². The van der Waals surface area contributed by atoms with Crippen LogP contribution in [0.3, 0.4) is 0 Å². The summed E-state index contributed by atoms with van der Waals surface area (Å²) in [6.07, 6.45) is -72.7. The molecule has 103 heavy (non-hydrogen) atoms. The number of aliphatic hydroxyl groups is 19. The number of hydrogen-bond donors (Lipinski definition) is 22. The van der Waals surface area contributed by atoms with Crippen LogP contribution in [0.4, 0.5) is 0 Å². The molecule has 21 saturated heterocycles. The van der Waals surface area contributed by atoms with E-state index in [0.717, 1.165) is 23.5 Å². The molecule has 0 spiro atoms. The number of aliphatic hydroxyl groups excluding tert-OH is 19. The maximum absolute atomic E-state index is 13.0. The first-order valence-electron chi connectivity index (χ1n) is 33.3. The number of nitrogens with one attached hydrogen (secondary N) is 1. The van der Waals surface area contributed by atoms with Gasteiger partial charge in [-0.05, 0) is 14.0 Å². The van der Waals surface area contributed by atoms with Gasteiger partial charge in [0, 0.05) is 42.3 Å². The van der Waals surface area contributed by atoms with Crippen molar-refractivity contribution in [2.75, 3.05) is 89.5 Å². The van der Waals surface area contributed by atoms with E-state index in [1.165, 1.54) is 14.0 Å². The first-order valence-corrected chi connectivity index (χ1v) is 35.6. The number of likely N-dealkylation sites (N-methyl/N-ethyl adjacent to an activating group) is 1. The number of aliphatic carboxylic acids is 1. The molecule has 0 radical (unpaired) electrons. The van der Waals surface area contributed by atoms with Crippen LogP contribution in [0.25, 0.3) is 0 Å². The van der Waals surface area contributed by atoms with Crippen LogP contribution >= 0.6 is 23.5 Å². The Morgan fingerprint density at radius 3 is 0.874 bits per heavy atom. The van der Waals surface area contributed by atoms with Crippen molar-refractivity contribution in [2.24, 2.45) is 11.7 Å². The Kier molecular flexibility index (Phi) is 33.4. The first kappa shape index (κ1) is 86.1. The van der Waals surface area contributed by atoms with Crippen molar-refractivity contribution in [3.63, 3.8) is 0 Å². The van der Waals surface area contributed by atoms with Gasteiger partial charge in [-0.1, -0.05) is 0 Å². The highest BCUT2D eigenvalue weighted by atomic mass is 32.2. The molecular formula is C59H98N2O40S2. The minimum Gasteiger partial charge on any atom is -0.481 e. The number of carboxylic acids is 1. The molecule has 0 aromatic heterocycles. The van der Waals surface area contributed by atoms with Crippen molar-refractivity contribution in [1.82, 2.24) is 5.32 Å². The average Bonchev–Trinajstić information content (AvgIpc) is 0.785. The van der Waals surface area contributed by atoms with Crippen molar-refractivity contribution in [2.45, 2.75) is 247 Å². The van der Waals surface area contributed by atoms with Crippen molar-refractivity contribution in [1.29, 1.82) is 0 Å². The number of nitrogens with two attached hydrogens (primary N) is 1. The predicted octanol–water partition coefficient (Wildman–Crippen LogP) is -13.6. The molecule has 0 aliphatic carbocycles. The lowest BCUT2D eigenvalue weighted by atomic mass is 9.95. The topological polar surface area (TPSA) is 659 Å². The second kappa shape index (κ2) is 40.0. The maximum Gasteiger partial charge on any atom is 0.307 e. The van der Waals surface area contributed by atoms with Gasteiger partial charge in [-0.2, -0.15) is 23.5 Å². The number of Topliss-reactive ketones (excluding diaryl/α,β-unsaturated/α-hetero) is 2. The van der Waals surface area contributed by atoms with Gasteiger partial charge in [0.2, 0.25) is 5.91 Å². The molecule has 596 valence electrons. The Hall–Kier alpha value is -2.46. The molecule has 21 rings (SSSR count). The monoisotopic (exact) mass is 1540 g/mol. The van der Waals surface area contributed by atoms with Gasteiger partial charge < -0.3 is 189 Å². The molecule has 0 aromatic rings. The number of carbonyl (C=O) groups is 4. The largest absolute Gasteiger partial charge is 0.481 e. The Labute approximate surface area is 595 Å². The summed E-state index contributed by atoms with van der Waals surface area (Å²) in [4.78, 5) is 48.9. The molecule has 21 aliphatic rings. The number of ether oxygens (including phenoxy) is 16. The molecule has 44 heteroatoms. The van der Waals surface area contributed by atoms with Crippen molar-refractivity contribution < 1.29 is 197 Å². The van der Waals surface area contributed by atoms with Crippen LogP contribution in [0, 0.1) is 5.92 Å². The normalized spacial score (nSPS) is 44.9. The Bertz CT molecular complexity index is 2620. The molecule has 0 aromatic carbocycles. The number of primary amides is 1. The van der Waals surface area contributed by atoms with E-state index in [4.69, 9.17) is 81.5 Å². The van der Waals surface area contributed by atoms with Crippen molar-refractivity contribution in [3.8, 4) is 0 Å². The number of carboxylic acid groups (broad SMARTS) is 1. The van der Waals surface area contributed by atoms with Crippen LogP contribution in [0.2, 0.25) is 0 Å². The zero-order valence-corrected chi connectivity index (χ0v) is 57.3. The zero-order chi connectivity index (χ0) is 75.4. The first-order chi connectivity index (χ1) is 49.0. The molecule has 0 saturated carbocycles. The second-order valence-electron chi connectivity index (χ2n) is 25.8. The van der Waals surface area contributed by atoms with Gasteiger partial charge in [-0.25, -0.2) is 0 Å². The molecule has 42 nitrogen and oxygen atoms in total. The van der Waals surface area contributed by atoms with Gasteiger partial charge >= 0.3 is 5.97 Å². The van der Waals surface area contributed by atoms with Gasteiger partial charge in [0.05, 0.1) is 83.6 Å². The van der Waals surface area contributed by atoms with Gasteiger partial charge in [-0.3, -0.25) is 19.2 Å². The van der Waals surface area contributed by atoms with E-state index in [0.29, 0.717) is 0 Å². The highest BCUT2D eigenvalue weighted by molar-refractivity contribution is 7.99. The van der Waals surface area contributed by atoms with E-state index in [2.05, 4.69) is 5.32 Å². The summed E-state index contributed by atoms with van der Waals surface area (Å²) in [7, 11) is 1.43. The summed E-state index contributed by atoms with van der Waals surface area (Å²) in [6, 6.07) is -0.960. The fraction of sp³-hybridized carbons (Fsp3) is 0.932. The minimum atomic E-state index is -2.31. The zero-order valence-electron chi connectivity index (χ0n) is 55.7. The summed E-state index contributed by atoms with van der Waals surface area (Å²) in [5.41, 5.74) is 5.52. The van der Waals surface area contributed by atoms with Crippen LogP contribution in [0.1, 0.15) is 26.2 Å². The highest BCUT2D eigenvalue weighted by Gasteiger charge is 2.60. The Morgan fingerprint density at radius 2 is 0.631 bits per heavy atom. The summed E-state index contributed by atoms with van der Waals surface area (Å²) >= 11 is 1.74. The van der Waals surface area contributed by atoms with Crippen LogP contribution < -0.4 is 11.1 Å². The predicted molar refractivity (Wildman–Crippen MR) is 333 cm³/mol. The number of hydrogen-bond acceptors (Lipinski definition) is 42. The van der Waals surface area contributed by atoms with E-state index >= 15 is 0 Å². The third-order valence-electron chi connectivity index (χ3n) is 18.6. The number of rotatable bonds is 27. The van der Waals surface area contributed by atoms with Crippen LogP contribution in [0.15, 0.2) is 0 Å². The van der Waals surface area contributed by atoms with E-state index in [1.807, 2.05) is 0 Å². The summed E-state index contributed by atoms with van der Waals surface area (Å²) in [5.74, 6) is -5.39.